The Morgan fingerprint density at radius 3 is 2.52 bits per heavy atom. The van der Waals surface area contributed by atoms with E-state index in [2.05, 4.69) is 15.5 Å². The summed E-state index contributed by atoms with van der Waals surface area (Å²) in [5, 5.41) is 15.9. The molecule has 0 saturated heterocycles. The zero-order valence-electron chi connectivity index (χ0n) is 14.0. The van der Waals surface area contributed by atoms with Crippen molar-refractivity contribution in [2.24, 2.45) is 5.16 Å². The SMILES string of the molecule is Cc1ccncc1Nc1ccc(C(=NO)c2ccccc2C)c(F)c1. The van der Waals surface area contributed by atoms with E-state index in [1.54, 1.807) is 30.6 Å². The molecule has 0 bridgehead atoms. The number of aromatic nitrogens is 1. The molecule has 4 nitrogen and oxygen atoms in total. The quantitative estimate of drug-likeness (QED) is 0.409. The number of benzene rings is 2. The lowest BCUT2D eigenvalue weighted by molar-refractivity contribution is 0.319. The minimum absolute atomic E-state index is 0.208. The Bertz CT molecular complexity index is 938. The Morgan fingerprint density at radius 1 is 1.04 bits per heavy atom. The van der Waals surface area contributed by atoms with E-state index in [0.29, 0.717) is 11.3 Å². The summed E-state index contributed by atoms with van der Waals surface area (Å²) in [4.78, 5) is 4.06. The van der Waals surface area contributed by atoms with Crippen LogP contribution in [0.5, 0.6) is 0 Å². The second-order valence-corrected chi connectivity index (χ2v) is 5.77. The average molecular weight is 335 g/mol. The van der Waals surface area contributed by atoms with Crippen molar-refractivity contribution >= 4 is 17.1 Å². The molecule has 0 amide bonds. The normalized spacial score (nSPS) is 11.4. The van der Waals surface area contributed by atoms with Gasteiger partial charge in [-0.1, -0.05) is 29.4 Å². The van der Waals surface area contributed by atoms with Crippen LogP contribution in [0.25, 0.3) is 0 Å². The van der Waals surface area contributed by atoms with Crippen molar-refractivity contribution in [1.29, 1.82) is 0 Å². The molecule has 0 spiro atoms. The summed E-state index contributed by atoms with van der Waals surface area (Å²) in [7, 11) is 0. The van der Waals surface area contributed by atoms with E-state index >= 15 is 0 Å². The molecule has 0 atom stereocenters. The minimum Gasteiger partial charge on any atom is -0.410 e. The Morgan fingerprint density at radius 2 is 1.84 bits per heavy atom. The fraction of sp³-hybridized carbons (Fsp3) is 0.100. The van der Waals surface area contributed by atoms with Crippen molar-refractivity contribution in [2.75, 3.05) is 5.32 Å². The van der Waals surface area contributed by atoms with E-state index in [4.69, 9.17) is 0 Å². The molecule has 1 heterocycles. The third kappa shape index (κ3) is 3.50. The predicted molar refractivity (Wildman–Crippen MR) is 97.3 cm³/mol. The van der Waals surface area contributed by atoms with Crippen molar-refractivity contribution in [3.63, 3.8) is 0 Å². The predicted octanol–water partition coefficient (Wildman–Crippen LogP) is 4.81. The van der Waals surface area contributed by atoms with Crippen LogP contribution in [0, 0.1) is 19.7 Å². The first-order valence-corrected chi connectivity index (χ1v) is 7.86. The summed E-state index contributed by atoms with van der Waals surface area (Å²) >= 11 is 0. The van der Waals surface area contributed by atoms with Crippen LogP contribution in [0.15, 0.2) is 66.1 Å². The molecule has 0 saturated carbocycles. The largest absolute Gasteiger partial charge is 0.410 e. The van der Waals surface area contributed by atoms with E-state index in [1.807, 2.05) is 38.1 Å². The maximum absolute atomic E-state index is 14.7. The number of hydrogen-bond acceptors (Lipinski definition) is 4. The molecule has 0 fully saturated rings. The standard InChI is InChI=1S/C20H18FN3O/c1-13-5-3-4-6-16(13)20(24-25)17-8-7-15(11-18(17)21)23-19-12-22-10-9-14(19)2/h3-12,23,25H,1-2H3. The van der Waals surface area contributed by atoms with Crippen molar-refractivity contribution in [3.05, 3.63) is 89.0 Å². The molecule has 3 rings (SSSR count). The highest BCUT2D eigenvalue weighted by molar-refractivity contribution is 6.13. The molecular weight excluding hydrogens is 317 g/mol. The molecule has 0 aliphatic heterocycles. The first-order chi connectivity index (χ1) is 12.1. The molecule has 0 aliphatic carbocycles. The highest BCUT2D eigenvalue weighted by Gasteiger charge is 2.15. The van der Waals surface area contributed by atoms with E-state index in [1.165, 1.54) is 6.07 Å². The van der Waals surface area contributed by atoms with Gasteiger partial charge >= 0.3 is 0 Å². The highest BCUT2D eigenvalue weighted by Crippen LogP contribution is 2.24. The fourth-order valence-electron chi connectivity index (χ4n) is 2.63. The van der Waals surface area contributed by atoms with Gasteiger partial charge in [-0.3, -0.25) is 4.98 Å². The monoisotopic (exact) mass is 335 g/mol. The lowest BCUT2D eigenvalue weighted by atomic mass is 9.98. The number of aryl methyl sites for hydroxylation is 2. The molecular formula is C20H18FN3O. The van der Waals surface area contributed by atoms with Crippen LogP contribution in [-0.4, -0.2) is 15.9 Å². The molecule has 2 aromatic carbocycles. The number of nitrogens with zero attached hydrogens (tertiary/aromatic N) is 2. The summed E-state index contributed by atoms with van der Waals surface area (Å²) in [6.45, 7) is 3.84. The Balaban J connectivity index is 1.94. The zero-order chi connectivity index (χ0) is 17.8. The number of pyridine rings is 1. The van der Waals surface area contributed by atoms with Gasteiger partial charge in [-0.05, 0) is 49.2 Å². The van der Waals surface area contributed by atoms with Gasteiger partial charge in [-0.2, -0.15) is 0 Å². The lowest BCUT2D eigenvalue weighted by Crippen LogP contribution is -2.08. The molecule has 5 heteroatoms. The molecule has 2 N–H and O–H groups in total. The summed E-state index contributed by atoms with van der Waals surface area (Å²) in [5.74, 6) is -0.470. The van der Waals surface area contributed by atoms with Crippen molar-refractivity contribution < 1.29 is 9.60 Å². The van der Waals surface area contributed by atoms with Crippen LogP contribution in [0.2, 0.25) is 0 Å². The third-order valence-corrected chi connectivity index (χ3v) is 4.04. The van der Waals surface area contributed by atoms with Gasteiger partial charge < -0.3 is 10.5 Å². The van der Waals surface area contributed by atoms with Crippen LogP contribution in [0.3, 0.4) is 0 Å². The first kappa shape index (κ1) is 16.6. The van der Waals surface area contributed by atoms with E-state index in [0.717, 1.165) is 16.8 Å². The summed E-state index contributed by atoms with van der Waals surface area (Å²) in [6, 6.07) is 14.0. The maximum atomic E-state index is 14.7. The lowest BCUT2D eigenvalue weighted by Gasteiger charge is -2.12. The second kappa shape index (κ2) is 7.13. The Labute approximate surface area is 145 Å². The van der Waals surface area contributed by atoms with Crippen LogP contribution >= 0.6 is 0 Å². The topological polar surface area (TPSA) is 57.5 Å². The molecule has 1 aromatic heterocycles. The number of rotatable bonds is 4. The minimum atomic E-state index is -0.470. The number of oxime groups is 1. The number of halogens is 1. The Kier molecular flexibility index (Phi) is 4.75. The highest BCUT2D eigenvalue weighted by atomic mass is 19.1. The summed E-state index contributed by atoms with van der Waals surface area (Å²) in [6.07, 6.45) is 3.39. The third-order valence-electron chi connectivity index (χ3n) is 4.04. The van der Waals surface area contributed by atoms with Gasteiger partial charge in [0.1, 0.15) is 11.5 Å². The van der Waals surface area contributed by atoms with Crippen LogP contribution in [-0.2, 0) is 0 Å². The maximum Gasteiger partial charge on any atom is 0.134 e. The van der Waals surface area contributed by atoms with Crippen molar-refractivity contribution in [3.8, 4) is 0 Å². The van der Waals surface area contributed by atoms with Crippen molar-refractivity contribution in [2.45, 2.75) is 13.8 Å². The van der Waals surface area contributed by atoms with Gasteiger partial charge in [0.15, 0.2) is 0 Å². The first-order valence-electron chi connectivity index (χ1n) is 7.86. The van der Waals surface area contributed by atoms with Gasteiger partial charge in [0.25, 0.3) is 0 Å². The van der Waals surface area contributed by atoms with E-state index in [9.17, 15) is 9.60 Å². The average Bonchev–Trinajstić information content (AvgIpc) is 2.61. The molecule has 25 heavy (non-hydrogen) atoms. The summed E-state index contributed by atoms with van der Waals surface area (Å²) in [5.41, 5.74) is 4.46. The van der Waals surface area contributed by atoms with Gasteiger partial charge in [-0.25, -0.2) is 4.39 Å². The van der Waals surface area contributed by atoms with E-state index in [-0.39, 0.29) is 11.3 Å². The zero-order valence-corrected chi connectivity index (χ0v) is 14.0. The van der Waals surface area contributed by atoms with Gasteiger partial charge in [0, 0.05) is 23.0 Å². The molecule has 3 aromatic rings. The summed E-state index contributed by atoms with van der Waals surface area (Å²) < 4.78 is 14.7. The number of hydrogen-bond donors (Lipinski definition) is 2. The second-order valence-electron chi connectivity index (χ2n) is 5.77. The van der Waals surface area contributed by atoms with Crippen molar-refractivity contribution in [1.82, 2.24) is 4.98 Å². The van der Waals surface area contributed by atoms with Gasteiger partial charge in [0.05, 0.1) is 11.9 Å². The van der Waals surface area contributed by atoms with Gasteiger partial charge in [0.2, 0.25) is 0 Å². The van der Waals surface area contributed by atoms with Gasteiger partial charge in [-0.15, -0.1) is 0 Å². The Hall–Kier alpha value is -3.21. The molecule has 0 aliphatic rings. The number of anilines is 2. The number of nitrogens with one attached hydrogen (secondary N) is 1. The van der Waals surface area contributed by atoms with E-state index < -0.39 is 5.82 Å². The smallest absolute Gasteiger partial charge is 0.134 e. The molecule has 0 radical (unpaired) electrons. The van der Waals surface area contributed by atoms with Crippen LogP contribution < -0.4 is 5.32 Å². The van der Waals surface area contributed by atoms with Crippen LogP contribution in [0.4, 0.5) is 15.8 Å². The molecule has 0 unspecified atom stereocenters. The fourth-order valence-corrected chi connectivity index (χ4v) is 2.63. The van der Waals surface area contributed by atoms with Crippen LogP contribution in [0.1, 0.15) is 22.3 Å². The molecule has 126 valence electrons.